The molecule has 0 fully saturated rings. The zero-order valence-corrected chi connectivity index (χ0v) is 15.5. The number of nitrogens with zero attached hydrogens (tertiary/aromatic N) is 4. The fraction of sp³-hybridized carbons (Fsp3) is 0.167. The second kappa shape index (κ2) is 6.38. The van der Waals surface area contributed by atoms with Gasteiger partial charge >= 0.3 is 0 Å². The lowest BCUT2D eigenvalue weighted by Crippen LogP contribution is -2.25. The first-order valence-electron chi connectivity index (χ1n) is 8.24. The molecule has 0 saturated carbocycles. The number of aryl methyl sites for hydroxylation is 2. The number of aromatic nitrogens is 4. The summed E-state index contributed by atoms with van der Waals surface area (Å²) in [5.41, 5.74) is 2.49. The molecule has 27 heavy (non-hydrogen) atoms. The molecule has 4 aromatic rings. The molecule has 138 valence electrons. The summed E-state index contributed by atoms with van der Waals surface area (Å²) in [5.74, 6) is 0.638. The number of sulfonamides is 1. The summed E-state index contributed by atoms with van der Waals surface area (Å²) in [6.07, 6.45) is 0. The number of hydrogen-bond donors (Lipinski definition) is 2. The van der Waals surface area contributed by atoms with Gasteiger partial charge in [0.25, 0.3) is 0 Å². The fourth-order valence-corrected chi connectivity index (χ4v) is 4.20. The minimum Gasteiger partial charge on any atom is -0.380 e. The largest absolute Gasteiger partial charge is 0.380 e. The lowest BCUT2D eigenvalue weighted by Gasteiger charge is -2.12. The third-order valence-corrected chi connectivity index (χ3v) is 5.95. The van der Waals surface area contributed by atoms with Gasteiger partial charge in [-0.15, -0.1) is 10.2 Å². The van der Waals surface area contributed by atoms with Crippen molar-refractivity contribution in [1.82, 2.24) is 24.5 Å². The van der Waals surface area contributed by atoms with E-state index in [-0.39, 0.29) is 4.90 Å². The maximum atomic E-state index is 12.4. The van der Waals surface area contributed by atoms with Crippen molar-refractivity contribution in [2.24, 2.45) is 0 Å². The predicted octanol–water partition coefficient (Wildman–Crippen LogP) is 1.79. The van der Waals surface area contributed by atoms with E-state index in [0.29, 0.717) is 28.3 Å². The van der Waals surface area contributed by atoms with Gasteiger partial charge < -0.3 is 5.11 Å². The summed E-state index contributed by atoms with van der Waals surface area (Å²) in [7, 11) is -3.82. The Morgan fingerprint density at radius 1 is 1.07 bits per heavy atom. The Bertz CT molecular complexity index is 1280. The second-order valence-electron chi connectivity index (χ2n) is 6.16. The summed E-state index contributed by atoms with van der Waals surface area (Å²) in [4.78, 5) is 0.0977. The van der Waals surface area contributed by atoms with Crippen LogP contribution < -0.4 is 4.72 Å². The SMILES string of the molecule is Cc1ccc(-c2nn3c(C)nnc3c3ccccc23)cc1S(=O)(=O)NCO. The Balaban J connectivity index is 2.04. The van der Waals surface area contributed by atoms with Crippen LogP contribution in [0.25, 0.3) is 27.7 Å². The third-order valence-electron chi connectivity index (χ3n) is 4.43. The minimum absolute atomic E-state index is 0.0977. The van der Waals surface area contributed by atoms with Crippen molar-refractivity contribution in [3.63, 3.8) is 0 Å². The molecule has 0 aliphatic heterocycles. The van der Waals surface area contributed by atoms with Gasteiger partial charge in [0.2, 0.25) is 10.0 Å². The van der Waals surface area contributed by atoms with Gasteiger partial charge in [0.05, 0.1) is 10.6 Å². The zero-order chi connectivity index (χ0) is 19.2. The molecular weight excluding hydrogens is 366 g/mol. The molecule has 2 aromatic carbocycles. The lowest BCUT2D eigenvalue weighted by atomic mass is 10.0. The van der Waals surface area contributed by atoms with Crippen molar-refractivity contribution in [3.05, 3.63) is 53.9 Å². The van der Waals surface area contributed by atoms with Crippen molar-refractivity contribution in [2.45, 2.75) is 18.7 Å². The summed E-state index contributed by atoms with van der Waals surface area (Å²) < 4.78 is 28.6. The molecule has 4 rings (SSSR count). The first-order valence-corrected chi connectivity index (χ1v) is 9.73. The van der Waals surface area contributed by atoms with E-state index >= 15 is 0 Å². The number of hydrogen-bond acceptors (Lipinski definition) is 6. The van der Waals surface area contributed by atoms with Crippen LogP contribution in [0.5, 0.6) is 0 Å². The van der Waals surface area contributed by atoms with Crippen molar-refractivity contribution >= 4 is 26.4 Å². The summed E-state index contributed by atoms with van der Waals surface area (Å²) >= 11 is 0. The van der Waals surface area contributed by atoms with E-state index in [1.807, 2.05) is 37.3 Å². The monoisotopic (exact) mass is 383 g/mol. The zero-order valence-electron chi connectivity index (χ0n) is 14.7. The first-order chi connectivity index (χ1) is 12.9. The molecule has 0 radical (unpaired) electrons. The molecule has 0 spiro atoms. The van der Waals surface area contributed by atoms with Gasteiger partial charge in [-0.2, -0.15) is 14.3 Å². The van der Waals surface area contributed by atoms with Crippen LogP contribution in [0.15, 0.2) is 47.4 Å². The highest BCUT2D eigenvalue weighted by atomic mass is 32.2. The van der Waals surface area contributed by atoms with Gasteiger partial charge in [0.15, 0.2) is 11.5 Å². The van der Waals surface area contributed by atoms with Crippen molar-refractivity contribution in [3.8, 4) is 11.3 Å². The molecule has 9 heteroatoms. The molecule has 2 aromatic heterocycles. The van der Waals surface area contributed by atoms with Crippen LogP contribution in [0, 0.1) is 13.8 Å². The normalized spacial score (nSPS) is 12.1. The van der Waals surface area contributed by atoms with Gasteiger partial charge in [-0.3, -0.25) is 0 Å². The van der Waals surface area contributed by atoms with Crippen molar-refractivity contribution in [1.29, 1.82) is 0 Å². The number of nitrogens with one attached hydrogen (secondary N) is 1. The minimum atomic E-state index is -3.82. The number of fused-ring (bicyclic) bond motifs is 3. The van der Waals surface area contributed by atoms with Gasteiger partial charge in [-0.05, 0) is 25.5 Å². The average Bonchev–Trinajstić information content (AvgIpc) is 3.02. The van der Waals surface area contributed by atoms with Crippen molar-refractivity contribution in [2.75, 3.05) is 6.73 Å². The van der Waals surface area contributed by atoms with Gasteiger partial charge in [-0.25, -0.2) is 8.42 Å². The smallest absolute Gasteiger partial charge is 0.242 e. The Kier molecular flexibility index (Phi) is 4.14. The van der Waals surface area contributed by atoms with Crippen LogP contribution >= 0.6 is 0 Å². The Labute approximate surface area is 155 Å². The molecule has 0 amide bonds. The summed E-state index contributed by atoms with van der Waals surface area (Å²) in [5, 5.41) is 23.7. The maximum Gasteiger partial charge on any atom is 0.242 e. The standard InChI is InChI=1S/C18H17N5O3S/c1-11-7-8-13(9-16(11)27(25,26)19-10-24)17-14-5-3-4-6-15(14)18-21-20-12(2)23(18)22-17/h3-9,19,24H,10H2,1-2H3. The number of aliphatic hydroxyl groups is 1. The van der Waals surface area contributed by atoms with Gasteiger partial charge in [0, 0.05) is 16.3 Å². The van der Waals surface area contributed by atoms with Crippen LogP contribution in [0.4, 0.5) is 0 Å². The number of rotatable bonds is 4. The summed E-state index contributed by atoms with van der Waals surface area (Å²) in [6.45, 7) is 2.84. The van der Waals surface area contributed by atoms with Crippen LogP contribution in [0.1, 0.15) is 11.4 Å². The predicted molar refractivity (Wildman–Crippen MR) is 101 cm³/mol. The molecule has 8 nitrogen and oxygen atoms in total. The van der Waals surface area contributed by atoms with E-state index in [9.17, 15) is 8.42 Å². The van der Waals surface area contributed by atoms with Crippen LogP contribution in [-0.2, 0) is 10.0 Å². The van der Waals surface area contributed by atoms with E-state index in [1.54, 1.807) is 23.6 Å². The van der Waals surface area contributed by atoms with Crippen molar-refractivity contribution < 1.29 is 13.5 Å². The molecule has 2 N–H and O–H groups in total. The van der Waals surface area contributed by atoms with Gasteiger partial charge in [0.1, 0.15) is 6.73 Å². The average molecular weight is 383 g/mol. The lowest BCUT2D eigenvalue weighted by molar-refractivity contribution is 0.288. The molecular formula is C18H17N5O3S. The van der Waals surface area contributed by atoms with E-state index in [4.69, 9.17) is 5.11 Å². The molecule has 0 bridgehead atoms. The third kappa shape index (κ3) is 2.85. The molecule has 0 aliphatic rings. The highest BCUT2D eigenvalue weighted by Gasteiger charge is 2.19. The van der Waals surface area contributed by atoms with E-state index in [2.05, 4.69) is 20.0 Å². The fourth-order valence-electron chi connectivity index (χ4n) is 3.10. The Hall–Kier alpha value is -2.88. The molecule has 0 saturated heterocycles. The van der Waals surface area contributed by atoms with E-state index in [1.165, 1.54) is 0 Å². The number of benzene rings is 2. The first kappa shape index (κ1) is 17.5. The molecule has 0 unspecified atom stereocenters. The Morgan fingerprint density at radius 2 is 1.81 bits per heavy atom. The molecule has 0 atom stereocenters. The van der Waals surface area contributed by atoms with Gasteiger partial charge in [-0.1, -0.05) is 36.4 Å². The van der Waals surface area contributed by atoms with E-state index < -0.39 is 16.8 Å². The van der Waals surface area contributed by atoms with Crippen LogP contribution in [-0.4, -0.2) is 40.1 Å². The maximum absolute atomic E-state index is 12.4. The topological polar surface area (TPSA) is 109 Å². The van der Waals surface area contributed by atoms with Crippen LogP contribution in [0.2, 0.25) is 0 Å². The van der Waals surface area contributed by atoms with Crippen LogP contribution in [0.3, 0.4) is 0 Å². The second-order valence-corrected chi connectivity index (χ2v) is 7.90. The molecule has 2 heterocycles. The number of aliphatic hydroxyl groups excluding tert-OH is 1. The molecule has 0 aliphatic carbocycles. The highest BCUT2D eigenvalue weighted by molar-refractivity contribution is 7.89. The highest BCUT2D eigenvalue weighted by Crippen LogP contribution is 2.31. The Morgan fingerprint density at radius 3 is 2.56 bits per heavy atom. The quantitative estimate of drug-likeness (QED) is 0.520. The van der Waals surface area contributed by atoms with E-state index in [0.717, 1.165) is 10.8 Å². The summed E-state index contributed by atoms with van der Waals surface area (Å²) in [6, 6.07) is 12.8.